The van der Waals surface area contributed by atoms with E-state index in [1.54, 1.807) is 6.92 Å². The predicted octanol–water partition coefficient (Wildman–Crippen LogP) is 2.92. The molecular weight excluding hydrogens is 306 g/mol. The summed E-state index contributed by atoms with van der Waals surface area (Å²) in [6.07, 6.45) is 1.30. The average Bonchev–Trinajstić information content (AvgIpc) is 2.88. The molecule has 1 aromatic carbocycles. The van der Waals surface area contributed by atoms with E-state index in [4.69, 9.17) is 4.74 Å². The highest BCUT2D eigenvalue weighted by molar-refractivity contribution is 5.94. The van der Waals surface area contributed by atoms with E-state index >= 15 is 0 Å². The van der Waals surface area contributed by atoms with Crippen molar-refractivity contribution in [3.05, 3.63) is 23.8 Å². The lowest BCUT2D eigenvalue weighted by Crippen LogP contribution is -2.33. The van der Waals surface area contributed by atoms with Gasteiger partial charge in [-0.1, -0.05) is 6.07 Å². The second kappa shape index (κ2) is 7.55. The fraction of sp³-hybridized carbons (Fsp3) is 0.556. The number of hydrogen-bond acceptors (Lipinski definition) is 4. The van der Waals surface area contributed by atoms with E-state index < -0.39 is 11.7 Å². The van der Waals surface area contributed by atoms with Crippen molar-refractivity contribution in [2.45, 2.75) is 46.1 Å². The molecule has 0 saturated carbocycles. The maximum Gasteiger partial charge on any atom is 0.407 e. The topological polar surface area (TPSA) is 70.7 Å². The Morgan fingerprint density at radius 3 is 2.67 bits per heavy atom. The van der Waals surface area contributed by atoms with Crippen molar-refractivity contribution >= 4 is 23.4 Å². The number of alkyl carbamates (subject to hydrolysis) is 1. The van der Waals surface area contributed by atoms with Gasteiger partial charge in [-0.25, -0.2) is 4.79 Å². The van der Waals surface area contributed by atoms with E-state index in [1.807, 2.05) is 37.8 Å². The minimum Gasteiger partial charge on any atom is -0.444 e. The van der Waals surface area contributed by atoms with Gasteiger partial charge in [-0.2, -0.15) is 0 Å². The Hall–Kier alpha value is -2.24. The highest BCUT2D eigenvalue weighted by Gasteiger charge is 2.22. The summed E-state index contributed by atoms with van der Waals surface area (Å²) < 4.78 is 5.18. The highest BCUT2D eigenvalue weighted by atomic mass is 16.6. The van der Waals surface area contributed by atoms with Crippen LogP contribution < -0.4 is 15.5 Å². The number of carbonyl (C=O) groups excluding carboxylic acids is 2. The van der Waals surface area contributed by atoms with Gasteiger partial charge in [0.2, 0.25) is 5.91 Å². The second-order valence-electron chi connectivity index (χ2n) is 6.97. The SMILES string of the molecule is CC(=O)N1CCc2ccc(NCCCNC(=O)OC(C)(C)C)cc21. The van der Waals surface area contributed by atoms with E-state index in [1.165, 1.54) is 5.56 Å². The van der Waals surface area contributed by atoms with Crippen LogP contribution in [0, 0.1) is 0 Å². The third-order valence-electron chi connectivity index (χ3n) is 3.71. The zero-order chi connectivity index (χ0) is 17.7. The molecule has 1 aromatic rings. The molecular formula is C18H27N3O3. The zero-order valence-corrected chi connectivity index (χ0v) is 14.9. The number of ether oxygens (including phenoxy) is 1. The first-order chi connectivity index (χ1) is 11.3. The molecule has 24 heavy (non-hydrogen) atoms. The summed E-state index contributed by atoms with van der Waals surface area (Å²) in [4.78, 5) is 25.0. The molecule has 1 heterocycles. The highest BCUT2D eigenvalue weighted by Crippen LogP contribution is 2.30. The molecule has 0 spiro atoms. The van der Waals surface area contributed by atoms with E-state index in [2.05, 4.69) is 16.7 Å². The molecule has 2 rings (SSSR count). The van der Waals surface area contributed by atoms with Gasteiger partial charge in [-0.15, -0.1) is 0 Å². The quantitative estimate of drug-likeness (QED) is 0.813. The van der Waals surface area contributed by atoms with Crippen LogP contribution in [0.1, 0.15) is 39.7 Å². The Balaban J connectivity index is 1.75. The van der Waals surface area contributed by atoms with Crippen molar-refractivity contribution in [1.82, 2.24) is 5.32 Å². The molecule has 132 valence electrons. The normalized spacial score (nSPS) is 13.4. The number of nitrogens with one attached hydrogen (secondary N) is 2. The molecule has 1 aliphatic rings. The number of amides is 2. The van der Waals surface area contributed by atoms with Gasteiger partial charge in [-0.3, -0.25) is 4.79 Å². The van der Waals surface area contributed by atoms with Crippen LogP contribution in [0.2, 0.25) is 0 Å². The minimum absolute atomic E-state index is 0.0764. The lowest BCUT2D eigenvalue weighted by Gasteiger charge is -2.19. The maximum atomic E-state index is 11.6. The fourth-order valence-corrected chi connectivity index (χ4v) is 2.64. The lowest BCUT2D eigenvalue weighted by molar-refractivity contribution is -0.116. The first kappa shape index (κ1) is 18.1. The summed E-state index contributed by atoms with van der Waals surface area (Å²) >= 11 is 0. The van der Waals surface area contributed by atoms with Crippen molar-refractivity contribution in [3.63, 3.8) is 0 Å². The van der Waals surface area contributed by atoms with Crippen LogP contribution in [0.25, 0.3) is 0 Å². The molecule has 0 fully saturated rings. The molecule has 0 aromatic heterocycles. The Bertz CT molecular complexity index is 608. The van der Waals surface area contributed by atoms with E-state index in [-0.39, 0.29) is 5.91 Å². The standard InChI is InChI=1S/C18H27N3O3/c1-13(22)21-11-8-14-6-7-15(12-16(14)21)19-9-5-10-20-17(23)24-18(2,3)4/h6-7,12,19H,5,8-11H2,1-4H3,(H,20,23). The third-order valence-corrected chi connectivity index (χ3v) is 3.71. The largest absolute Gasteiger partial charge is 0.444 e. The first-order valence-corrected chi connectivity index (χ1v) is 8.38. The van der Waals surface area contributed by atoms with Crippen molar-refractivity contribution in [3.8, 4) is 0 Å². The molecule has 0 aliphatic carbocycles. The Morgan fingerprint density at radius 1 is 1.25 bits per heavy atom. The van der Waals surface area contributed by atoms with E-state index in [0.717, 1.165) is 37.3 Å². The van der Waals surface area contributed by atoms with E-state index in [9.17, 15) is 9.59 Å². The minimum atomic E-state index is -0.477. The smallest absolute Gasteiger partial charge is 0.407 e. The summed E-state index contributed by atoms with van der Waals surface area (Å²) in [6.45, 7) is 9.15. The van der Waals surface area contributed by atoms with Crippen molar-refractivity contribution in [1.29, 1.82) is 0 Å². The van der Waals surface area contributed by atoms with Crippen molar-refractivity contribution < 1.29 is 14.3 Å². The molecule has 0 bridgehead atoms. The molecule has 1 aliphatic heterocycles. The molecule has 2 amide bonds. The summed E-state index contributed by atoms with van der Waals surface area (Å²) in [5.74, 6) is 0.0764. The van der Waals surface area contributed by atoms with Gasteiger partial charge < -0.3 is 20.3 Å². The monoisotopic (exact) mass is 333 g/mol. The number of hydrogen-bond donors (Lipinski definition) is 2. The first-order valence-electron chi connectivity index (χ1n) is 8.38. The van der Waals surface area contributed by atoms with Crippen molar-refractivity contribution in [2.24, 2.45) is 0 Å². The summed E-state index contributed by atoms with van der Waals surface area (Å²) in [7, 11) is 0. The number of fused-ring (bicyclic) bond motifs is 1. The zero-order valence-electron chi connectivity index (χ0n) is 14.9. The predicted molar refractivity (Wildman–Crippen MR) is 95.5 cm³/mol. The number of nitrogens with zero attached hydrogens (tertiary/aromatic N) is 1. The molecule has 0 atom stereocenters. The van der Waals surface area contributed by atoms with Gasteiger partial charge >= 0.3 is 6.09 Å². The molecule has 6 nitrogen and oxygen atoms in total. The van der Waals surface area contributed by atoms with Gasteiger partial charge in [0.05, 0.1) is 0 Å². The van der Waals surface area contributed by atoms with Crippen LogP contribution in [0.3, 0.4) is 0 Å². The van der Waals surface area contributed by atoms with E-state index in [0.29, 0.717) is 6.54 Å². The van der Waals surface area contributed by atoms with Crippen LogP contribution in [0.5, 0.6) is 0 Å². The number of rotatable bonds is 5. The number of anilines is 2. The third kappa shape index (κ3) is 5.15. The van der Waals surface area contributed by atoms with Crippen molar-refractivity contribution in [2.75, 3.05) is 29.9 Å². The van der Waals surface area contributed by atoms with Crippen LogP contribution in [-0.4, -0.2) is 37.2 Å². The Labute approximate surface area is 143 Å². The Kier molecular flexibility index (Phi) is 5.70. The number of carbonyl (C=O) groups is 2. The van der Waals surface area contributed by atoms with Gasteiger partial charge in [-0.05, 0) is 51.3 Å². The van der Waals surface area contributed by atoms with Gasteiger partial charge in [0.25, 0.3) is 0 Å². The van der Waals surface area contributed by atoms with Crippen LogP contribution in [0.15, 0.2) is 18.2 Å². The molecule has 0 saturated heterocycles. The molecule has 6 heteroatoms. The molecule has 0 radical (unpaired) electrons. The Morgan fingerprint density at radius 2 is 2.00 bits per heavy atom. The van der Waals surface area contributed by atoms with Gasteiger partial charge in [0.1, 0.15) is 5.60 Å². The molecule has 2 N–H and O–H groups in total. The fourth-order valence-electron chi connectivity index (χ4n) is 2.64. The maximum absolute atomic E-state index is 11.6. The summed E-state index contributed by atoms with van der Waals surface area (Å²) in [5, 5.41) is 6.06. The van der Waals surface area contributed by atoms with Crippen LogP contribution in [-0.2, 0) is 16.0 Å². The summed E-state index contributed by atoms with van der Waals surface area (Å²) in [5.41, 5.74) is 2.72. The van der Waals surface area contributed by atoms with Crippen LogP contribution >= 0.6 is 0 Å². The number of benzene rings is 1. The van der Waals surface area contributed by atoms with Gasteiger partial charge in [0, 0.05) is 37.9 Å². The lowest BCUT2D eigenvalue weighted by atomic mass is 10.1. The average molecular weight is 333 g/mol. The van der Waals surface area contributed by atoms with Gasteiger partial charge in [0.15, 0.2) is 0 Å². The summed E-state index contributed by atoms with van der Waals surface area (Å²) in [6, 6.07) is 6.12. The molecule has 0 unspecified atom stereocenters. The second-order valence-corrected chi connectivity index (χ2v) is 6.97. The van der Waals surface area contributed by atoms with Crippen LogP contribution in [0.4, 0.5) is 16.2 Å².